The number of halogens is 1. The van der Waals surface area contributed by atoms with Crippen molar-refractivity contribution < 1.29 is 4.39 Å². The Morgan fingerprint density at radius 2 is 2.29 bits per heavy atom. The number of aromatic nitrogens is 3. The second-order valence-corrected chi connectivity index (χ2v) is 5.19. The maximum absolute atomic E-state index is 13.1. The van der Waals surface area contributed by atoms with Crippen LogP contribution in [0.3, 0.4) is 0 Å². The Balaban J connectivity index is 1.73. The van der Waals surface area contributed by atoms with E-state index in [-0.39, 0.29) is 5.56 Å². The second-order valence-electron chi connectivity index (χ2n) is 4.24. The molecule has 2 aromatic heterocycles. The van der Waals surface area contributed by atoms with Crippen LogP contribution < -0.4 is 5.32 Å². The molecule has 21 heavy (non-hydrogen) atoms. The van der Waals surface area contributed by atoms with Gasteiger partial charge >= 0.3 is 0 Å². The van der Waals surface area contributed by atoms with Crippen LogP contribution in [0, 0.1) is 17.1 Å². The van der Waals surface area contributed by atoms with Crippen molar-refractivity contribution in [2.24, 2.45) is 0 Å². The molecule has 0 aliphatic heterocycles. The predicted octanol–water partition coefficient (Wildman–Crippen LogP) is 3.16. The summed E-state index contributed by atoms with van der Waals surface area (Å²) in [4.78, 5) is 5.35. The first kappa shape index (κ1) is 13.3. The van der Waals surface area contributed by atoms with Crippen molar-refractivity contribution in [1.29, 1.82) is 5.26 Å². The predicted molar refractivity (Wildman–Crippen MR) is 78.1 cm³/mol. The highest BCUT2D eigenvalue weighted by Crippen LogP contribution is 2.21. The molecule has 104 valence electrons. The molecule has 0 radical (unpaired) electrons. The average Bonchev–Trinajstić information content (AvgIpc) is 3.16. The van der Waals surface area contributed by atoms with Gasteiger partial charge in [0.15, 0.2) is 5.82 Å². The van der Waals surface area contributed by atoms with Crippen LogP contribution in [0.1, 0.15) is 11.4 Å². The molecule has 0 atom stereocenters. The molecule has 1 aromatic carbocycles. The lowest BCUT2D eigenvalue weighted by Gasteiger charge is -2.05. The number of hydrogen-bond acceptors (Lipinski definition) is 5. The largest absolute Gasteiger partial charge is 0.377 e. The van der Waals surface area contributed by atoms with Gasteiger partial charge in [0.25, 0.3) is 0 Å². The Bertz CT molecular complexity index is 788. The van der Waals surface area contributed by atoms with E-state index in [1.165, 1.54) is 18.2 Å². The third kappa shape index (κ3) is 2.90. The first-order chi connectivity index (χ1) is 10.3. The second kappa shape index (κ2) is 5.73. The number of nitrogens with zero attached hydrogens (tertiary/aromatic N) is 3. The van der Waals surface area contributed by atoms with Gasteiger partial charge in [-0.25, -0.2) is 9.37 Å². The molecule has 0 amide bonds. The van der Waals surface area contributed by atoms with E-state index in [0.29, 0.717) is 23.9 Å². The van der Waals surface area contributed by atoms with Gasteiger partial charge < -0.3 is 5.32 Å². The Kier molecular flexibility index (Phi) is 3.62. The van der Waals surface area contributed by atoms with Gasteiger partial charge in [0, 0.05) is 0 Å². The Hall–Kier alpha value is -2.72. The van der Waals surface area contributed by atoms with Crippen molar-refractivity contribution in [1.82, 2.24) is 15.2 Å². The summed E-state index contributed by atoms with van der Waals surface area (Å²) >= 11 is 1.56. The fraction of sp³-hybridized carbons (Fsp3) is 0.0714. The zero-order valence-corrected chi connectivity index (χ0v) is 11.6. The minimum atomic E-state index is -0.434. The van der Waals surface area contributed by atoms with Gasteiger partial charge in [-0.3, -0.25) is 5.10 Å². The van der Waals surface area contributed by atoms with E-state index in [4.69, 9.17) is 5.26 Å². The lowest BCUT2D eigenvalue weighted by Crippen LogP contribution is -2.03. The number of aromatic amines is 1. The average molecular weight is 299 g/mol. The number of nitrogens with one attached hydrogen (secondary N) is 2. The molecular weight excluding hydrogens is 289 g/mol. The van der Waals surface area contributed by atoms with Gasteiger partial charge in [-0.1, -0.05) is 6.07 Å². The summed E-state index contributed by atoms with van der Waals surface area (Å²) in [5.41, 5.74) is 0.820. The minimum absolute atomic E-state index is 0.257. The lowest BCUT2D eigenvalue weighted by atomic mass is 10.2. The number of H-pyrrole nitrogens is 1. The lowest BCUT2D eigenvalue weighted by molar-refractivity contribution is 0.627. The van der Waals surface area contributed by atoms with E-state index < -0.39 is 5.82 Å². The van der Waals surface area contributed by atoms with E-state index in [1.807, 2.05) is 23.6 Å². The number of anilines is 1. The van der Waals surface area contributed by atoms with Crippen molar-refractivity contribution in [2.45, 2.75) is 6.54 Å². The highest BCUT2D eigenvalue weighted by molar-refractivity contribution is 7.13. The fourth-order valence-electron chi connectivity index (χ4n) is 1.83. The molecule has 7 heteroatoms. The van der Waals surface area contributed by atoms with Crippen LogP contribution in [-0.4, -0.2) is 15.2 Å². The molecule has 3 rings (SSSR count). The third-order valence-electron chi connectivity index (χ3n) is 2.82. The summed E-state index contributed by atoms with van der Waals surface area (Å²) in [6, 6.07) is 9.87. The third-order valence-corrected chi connectivity index (χ3v) is 3.69. The monoisotopic (exact) mass is 299 g/mol. The number of benzene rings is 1. The highest BCUT2D eigenvalue weighted by atomic mass is 32.1. The molecule has 0 spiro atoms. The van der Waals surface area contributed by atoms with E-state index in [1.54, 1.807) is 11.3 Å². The molecule has 3 aromatic rings. The van der Waals surface area contributed by atoms with E-state index in [0.717, 1.165) is 4.88 Å². The molecule has 0 bridgehead atoms. The molecule has 0 aliphatic rings. The Morgan fingerprint density at radius 3 is 3.05 bits per heavy atom. The van der Waals surface area contributed by atoms with Crippen LogP contribution in [0.4, 0.5) is 10.1 Å². The summed E-state index contributed by atoms with van der Waals surface area (Å²) in [5, 5.41) is 21.0. The summed E-state index contributed by atoms with van der Waals surface area (Å²) in [6.07, 6.45) is 0. The molecule has 2 N–H and O–H groups in total. The quantitative estimate of drug-likeness (QED) is 0.775. The van der Waals surface area contributed by atoms with Crippen molar-refractivity contribution in [3.8, 4) is 16.8 Å². The van der Waals surface area contributed by atoms with Crippen LogP contribution in [0.5, 0.6) is 0 Å². The minimum Gasteiger partial charge on any atom is -0.377 e. The summed E-state index contributed by atoms with van der Waals surface area (Å²) in [5.74, 6) is 0.852. The molecular formula is C14H10FN5S. The van der Waals surface area contributed by atoms with Crippen LogP contribution in [0.15, 0.2) is 35.7 Å². The topological polar surface area (TPSA) is 77.4 Å². The van der Waals surface area contributed by atoms with Crippen molar-refractivity contribution in [3.05, 3.63) is 52.9 Å². The van der Waals surface area contributed by atoms with Crippen LogP contribution in [-0.2, 0) is 6.54 Å². The smallest absolute Gasteiger partial charge is 0.191 e. The molecule has 0 unspecified atom stereocenters. The number of thiophene rings is 1. The summed E-state index contributed by atoms with van der Waals surface area (Å²) in [7, 11) is 0. The number of hydrogen-bond donors (Lipinski definition) is 2. The van der Waals surface area contributed by atoms with Crippen molar-refractivity contribution in [3.63, 3.8) is 0 Å². The van der Waals surface area contributed by atoms with Crippen LogP contribution in [0.2, 0.25) is 0 Å². The van der Waals surface area contributed by atoms with Gasteiger partial charge in [0.1, 0.15) is 17.7 Å². The molecule has 2 heterocycles. The van der Waals surface area contributed by atoms with Gasteiger partial charge in [-0.2, -0.15) is 10.4 Å². The molecule has 0 fully saturated rings. The standard InChI is InChI=1S/C14H10FN5S/c15-10-3-4-11(9(6-10)7-16)17-8-13-18-14(20-19-13)12-2-1-5-21-12/h1-6,17H,8H2,(H,18,19,20). The first-order valence-corrected chi connectivity index (χ1v) is 7.03. The van der Waals surface area contributed by atoms with Crippen molar-refractivity contribution >= 4 is 17.0 Å². The highest BCUT2D eigenvalue weighted by Gasteiger charge is 2.08. The first-order valence-electron chi connectivity index (χ1n) is 6.15. The Labute approximate surface area is 124 Å². The maximum atomic E-state index is 13.1. The van der Waals surface area contributed by atoms with Gasteiger partial charge in [0.2, 0.25) is 0 Å². The summed E-state index contributed by atoms with van der Waals surface area (Å²) in [6.45, 7) is 0.374. The Morgan fingerprint density at radius 1 is 1.38 bits per heavy atom. The number of rotatable bonds is 4. The van der Waals surface area contributed by atoms with Crippen LogP contribution >= 0.6 is 11.3 Å². The molecule has 5 nitrogen and oxygen atoms in total. The van der Waals surface area contributed by atoms with E-state index in [2.05, 4.69) is 20.5 Å². The molecule has 0 saturated heterocycles. The van der Waals surface area contributed by atoms with Gasteiger partial charge in [-0.15, -0.1) is 11.3 Å². The number of nitriles is 1. The summed E-state index contributed by atoms with van der Waals surface area (Å²) < 4.78 is 13.1. The molecule has 0 saturated carbocycles. The van der Waals surface area contributed by atoms with Gasteiger partial charge in [-0.05, 0) is 29.6 Å². The van der Waals surface area contributed by atoms with E-state index in [9.17, 15) is 4.39 Å². The zero-order chi connectivity index (χ0) is 14.7. The normalized spacial score (nSPS) is 10.3. The van der Waals surface area contributed by atoms with Crippen LogP contribution in [0.25, 0.3) is 10.7 Å². The van der Waals surface area contributed by atoms with Crippen molar-refractivity contribution in [2.75, 3.05) is 5.32 Å². The fourth-order valence-corrected chi connectivity index (χ4v) is 2.49. The SMILES string of the molecule is N#Cc1cc(F)ccc1NCc1nc(-c2cccs2)n[nH]1. The van der Waals surface area contributed by atoms with E-state index >= 15 is 0 Å². The van der Waals surface area contributed by atoms with Gasteiger partial charge in [0.05, 0.1) is 22.7 Å². The maximum Gasteiger partial charge on any atom is 0.191 e. The zero-order valence-electron chi connectivity index (χ0n) is 10.8. The molecule has 0 aliphatic carbocycles.